The van der Waals surface area contributed by atoms with Gasteiger partial charge in [-0.05, 0) is 60.7 Å². The van der Waals surface area contributed by atoms with E-state index in [1.807, 2.05) is 11.3 Å². The molecule has 2 nitrogen and oxygen atoms in total. The largest absolute Gasteiger partial charge is 0.342 e. The SMILES string of the molecule is CCc1ccc(Cn2ccc3cc(CCN)ccc32)s1. The van der Waals surface area contributed by atoms with Crippen molar-refractivity contribution < 1.29 is 0 Å². The molecule has 0 fully saturated rings. The number of hydrogen-bond acceptors (Lipinski definition) is 2. The lowest BCUT2D eigenvalue weighted by Gasteiger charge is -2.05. The number of thiophene rings is 1. The maximum Gasteiger partial charge on any atom is 0.0569 e. The van der Waals surface area contributed by atoms with Crippen LogP contribution in [0.1, 0.15) is 22.2 Å². The zero-order chi connectivity index (χ0) is 13.9. The van der Waals surface area contributed by atoms with Gasteiger partial charge in [-0.15, -0.1) is 11.3 Å². The molecular weight excluding hydrogens is 264 g/mol. The van der Waals surface area contributed by atoms with E-state index in [1.165, 1.54) is 26.2 Å². The third-order valence-corrected chi connectivity index (χ3v) is 4.87. The first-order valence-electron chi connectivity index (χ1n) is 7.15. The average molecular weight is 284 g/mol. The highest BCUT2D eigenvalue weighted by molar-refractivity contribution is 7.11. The molecule has 104 valence electrons. The number of rotatable bonds is 5. The number of benzene rings is 1. The Morgan fingerprint density at radius 2 is 1.95 bits per heavy atom. The molecule has 0 aliphatic carbocycles. The molecule has 1 aromatic carbocycles. The molecule has 0 amide bonds. The highest BCUT2D eigenvalue weighted by atomic mass is 32.1. The number of aromatic nitrogens is 1. The second-order valence-electron chi connectivity index (χ2n) is 5.10. The summed E-state index contributed by atoms with van der Waals surface area (Å²) in [7, 11) is 0. The van der Waals surface area contributed by atoms with Crippen LogP contribution in [0.2, 0.25) is 0 Å². The minimum atomic E-state index is 0.710. The Balaban J connectivity index is 1.88. The Bertz CT molecular complexity index is 709. The van der Waals surface area contributed by atoms with Gasteiger partial charge in [0.05, 0.1) is 6.54 Å². The molecule has 0 aliphatic heterocycles. The van der Waals surface area contributed by atoms with Crippen LogP contribution in [0.4, 0.5) is 0 Å². The van der Waals surface area contributed by atoms with Crippen LogP contribution < -0.4 is 5.73 Å². The predicted octanol–water partition coefficient (Wildman–Crippen LogP) is 3.81. The van der Waals surface area contributed by atoms with Crippen LogP contribution in [-0.4, -0.2) is 11.1 Å². The predicted molar refractivity (Wildman–Crippen MR) is 87.5 cm³/mol. The fourth-order valence-corrected chi connectivity index (χ4v) is 3.53. The summed E-state index contributed by atoms with van der Waals surface area (Å²) in [6.45, 7) is 3.88. The van der Waals surface area contributed by atoms with Gasteiger partial charge in [0.2, 0.25) is 0 Å². The summed E-state index contributed by atoms with van der Waals surface area (Å²) in [5.74, 6) is 0. The van der Waals surface area contributed by atoms with Gasteiger partial charge >= 0.3 is 0 Å². The van der Waals surface area contributed by atoms with Crippen LogP contribution in [0.15, 0.2) is 42.6 Å². The number of aryl methyl sites for hydroxylation is 1. The number of hydrogen-bond donors (Lipinski definition) is 1. The van der Waals surface area contributed by atoms with E-state index in [0.717, 1.165) is 19.4 Å². The van der Waals surface area contributed by atoms with Crippen molar-refractivity contribution in [3.05, 3.63) is 57.9 Å². The third-order valence-electron chi connectivity index (χ3n) is 3.66. The van der Waals surface area contributed by atoms with E-state index < -0.39 is 0 Å². The molecule has 0 saturated heterocycles. The second kappa shape index (κ2) is 5.81. The van der Waals surface area contributed by atoms with E-state index in [2.05, 4.69) is 54.1 Å². The van der Waals surface area contributed by atoms with Gasteiger partial charge in [-0.1, -0.05) is 13.0 Å². The first-order valence-corrected chi connectivity index (χ1v) is 7.97. The van der Waals surface area contributed by atoms with Crippen LogP contribution in [0.5, 0.6) is 0 Å². The van der Waals surface area contributed by atoms with Crippen LogP contribution in [-0.2, 0) is 19.4 Å². The van der Waals surface area contributed by atoms with Crippen molar-refractivity contribution >= 4 is 22.2 Å². The van der Waals surface area contributed by atoms with Gasteiger partial charge in [0, 0.05) is 21.5 Å². The number of fused-ring (bicyclic) bond motifs is 1. The van der Waals surface area contributed by atoms with Crippen molar-refractivity contribution in [2.24, 2.45) is 5.73 Å². The summed E-state index contributed by atoms with van der Waals surface area (Å²) in [4.78, 5) is 2.88. The molecule has 0 spiro atoms. The van der Waals surface area contributed by atoms with E-state index >= 15 is 0 Å². The minimum absolute atomic E-state index is 0.710. The van der Waals surface area contributed by atoms with Crippen molar-refractivity contribution in [3.63, 3.8) is 0 Å². The molecule has 3 rings (SSSR count). The number of nitrogens with zero attached hydrogens (tertiary/aromatic N) is 1. The molecular formula is C17H20N2S. The topological polar surface area (TPSA) is 30.9 Å². The van der Waals surface area contributed by atoms with Crippen molar-refractivity contribution in [2.75, 3.05) is 6.54 Å². The summed E-state index contributed by atoms with van der Waals surface area (Å²) in [6.07, 6.45) is 4.26. The van der Waals surface area contributed by atoms with Crippen molar-refractivity contribution in [3.8, 4) is 0 Å². The molecule has 2 heterocycles. The first-order chi connectivity index (χ1) is 9.80. The molecule has 3 heteroatoms. The Labute approximate surface area is 123 Å². The van der Waals surface area contributed by atoms with E-state index in [9.17, 15) is 0 Å². The third kappa shape index (κ3) is 2.65. The van der Waals surface area contributed by atoms with Gasteiger partial charge in [0.1, 0.15) is 0 Å². The summed E-state index contributed by atoms with van der Waals surface area (Å²) < 4.78 is 2.33. The lowest BCUT2D eigenvalue weighted by molar-refractivity contribution is 0.851. The van der Waals surface area contributed by atoms with E-state index in [0.29, 0.717) is 6.54 Å². The zero-order valence-corrected chi connectivity index (χ0v) is 12.6. The van der Waals surface area contributed by atoms with Crippen molar-refractivity contribution in [2.45, 2.75) is 26.3 Å². The Morgan fingerprint density at radius 3 is 2.70 bits per heavy atom. The second-order valence-corrected chi connectivity index (χ2v) is 6.35. The van der Waals surface area contributed by atoms with E-state index in [4.69, 9.17) is 5.73 Å². The van der Waals surface area contributed by atoms with Gasteiger partial charge in [-0.3, -0.25) is 0 Å². The number of nitrogens with two attached hydrogens (primary N) is 1. The van der Waals surface area contributed by atoms with Gasteiger partial charge < -0.3 is 10.3 Å². The van der Waals surface area contributed by atoms with Gasteiger partial charge in [-0.2, -0.15) is 0 Å². The summed E-state index contributed by atoms with van der Waals surface area (Å²) in [5.41, 5.74) is 8.25. The summed E-state index contributed by atoms with van der Waals surface area (Å²) in [6, 6.07) is 13.4. The smallest absolute Gasteiger partial charge is 0.0569 e. The molecule has 0 radical (unpaired) electrons. The lowest BCUT2D eigenvalue weighted by atomic mass is 10.1. The Morgan fingerprint density at radius 1 is 1.10 bits per heavy atom. The molecule has 3 aromatic rings. The quantitative estimate of drug-likeness (QED) is 0.759. The highest BCUT2D eigenvalue weighted by Crippen LogP contribution is 2.22. The van der Waals surface area contributed by atoms with Crippen molar-refractivity contribution in [1.29, 1.82) is 0 Å². The van der Waals surface area contributed by atoms with Crippen LogP contribution in [0, 0.1) is 0 Å². The van der Waals surface area contributed by atoms with Crippen LogP contribution in [0.25, 0.3) is 10.9 Å². The van der Waals surface area contributed by atoms with Crippen molar-refractivity contribution in [1.82, 2.24) is 4.57 Å². The molecule has 2 aromatic heterocycles. The van der Waals surface area contributed by atoms with Crippen LogP contribution >= 0.6 is 11.3 Å². The zero-order valence-electron chi connectivity index (χ0n) is 11.8. The van der Waals surface area contributed by atoms with Crippen LogP contribution in [0.3, 0.4) is 0 Å². The maximum atomic E-state index is 5.62. The molecule has 0 atom stereocenters. The van der Waals surface area contributed by atoms with Gasteiger partial charge in [0.15, 0.2) is 0 Å². The standard InChI is InChI=1S/C17H20N2S/c1-2-15-4-5-16(20-15)12-19-10-8-14-11-13(7-9-18)3-6-17(14)19/h3-6,8,10-11H,2,7,9,12,18H2,1H3. The van der Waals surface area contributed by atoms with E-state index in [1.54, 1.807) is 0 Å². The van der Waals surface area contributed by atoms with Gasteiger partial charge in [-0.25, -0.2) is 0 Å². The minimum Gasteiger partial charge on any atom is -0.342 e. The molecule has 0 saturated carbocycles. The fourth-order valence-electron chi connectivity index (χ4n) is 2.57. The van der Waals surface area contributed by atoms with Gasteiger partial charge in [0.25, 0.3) is 0 Å². The molecule has 20 heavy (non-hydrogen) atoms. The Hall–Kier alpha value is -1.58. The highest BCUT2D eigenvalue weighted by Gasteiger charge is 2.05. The molecule has 2 N–H and O–H groups in total. The molecule has 0 aliphatic rings. The lowest BCUT2D eigenvalue weighted by Crippen LogP contribution is -2.02. The average Bonchev–Trinajstić information content (AvgIpc) is 3.07. The fraction of sp³-hybridized carbons (Fsp3) is 0.294. The molecule has 0 unspecified atom stereocenters. The normalized spacial score (nSPS) is 11.3. The Kier molecular flexibility index (Phi) is 3.90. The van der Waals surface area contributed by atoms with E-state index in [-0.39, 0.29) is 0 Å². The summed E-state index contributed by atoms with van der Waals surface area (Å²) >= 11 is 1.91. The first kappa shape index (κ1) is 13.4. The molecule has 0 bridgehead atoms. The summed E-state index contributed by atoms with van der Waals surface area (Å²) in [5, 5.41) is 1.31. The maximum absolute atomic E-state index is 5.62. The monoisotopic (exact) mass is 284 g/mol.